The number of thioether (sulfide) groups is 1. The third kappa shape index (κ3) is 4.10. The number of pyridine rings is 1. The molecule has 2 aliphatic rings. The maximum absolute atomic E-state index is 14.0. The molecule has 33 heavy (non-hydrogen) atoms. The number of hydrogen-bond donors (Lipinski definition) is 0. The number of halogens is 2. The van der Waals surface area contributed by atoms with Gasteiger partial charge in [0, 0.05) is 23.1 Å². The second kappa shape index (κ2) is 9.29. The summed E-state index contributed by atoms with van der Waals surface area (Å²) in [5, 5.41) is 8.56. The number of aromatic nitrogens is 1. The molecule has 0 bridgehead atoms. The lowest BCUT2D eigenvalue weighted by Gasteiger charge is -2.40. The molecule has 2 aliphatic heterocycles. The van der Waals surface area contributed by atoms with E-state index >= 15 is 0 Å². The Bertz CT molecular complexity index is 1200. The van der Waals surface area contributed by atoms with Gasteiger partial charge in [-0.2, -0.15) is 5.26 Å². The van der Waals surface area contributed by atoms with E-state index in [4.69, 9.17) is 26.3 Å². The van der Waals surface area contributed by atoms with Crippen LogP contribution < -0.4 is 14.4 Å². The Morgan fingerprint density at radius 3 is 2.73 bits per heavy atom. The largest absolute Gasteiger partial charge is 0.495 e. The number of nitrogens with zero attached hydrogens (tertiary/aromatic N) is 4. The van der Waals surface area contributed by atoms with Crippen LogP contribution in [0.1, 0.15) is 12.0 Å². The molecule has 3 heterocycles. The van der Waals surface area contributed by atoms with E-state index in [0.717, 1.165) is 11.0 Å². The summed E-state index contributed by atoms with van der Waals surface area (Å²) >= 11 is 7.51. The normalized spacial score (nSPS) is 19.8. The Balaban J connectivity index is 1.75. The second-order valence-electron chi connectivity index (χ2n) is 7.17. The van der Waals surface area contributed by atoms with Crippen molar-refractivity contribution in [2.24, 2.45) is 0 Å². The highest BCUT2D eigenvalue weighted by atomic mass is 35.5. The number of benzene rings is 1. The quantitative estimate of drug-likeness (QED) is 0.604. The number of anilines is 1. The minimum absolute atomic E-state index is 0.0126. The van der Waals surface area contributed by atoms with Gasteiger partial charge in [0.15, 0.2) is 11.6 Å². The highest BCUT2D eigenvalue weighted by molar-refractivity contribution is 8.09. The van der Waals surface area contributed by atoms with Crippen LogP contribution >= 0.6 is 23.4 Å². The molecule has 4 rings (SSSR count). The van der Waals surface area contributed by atoms with Gasteiger partial charge in [-0.15, -0.1) is 11.8 Å². The summed E-state index contributed by atoms with van der Waals surface area (Å²) in [5.74, 6) is -0.638. The lowest BCUT2D eigenvalue weighted by atomic mass is 10.0. The number of methoxy groups -OCH3 is 2. The maximum atomic E-state index is 14.0. The molecule has 1 saturated heterocycles. The topological polar surface area (TPSA) is 95.8 Å². The van der Waals surface area contributed by atoms with E-state index in [2.05, 4.69) is 4.98 Å². The predicted molar refractivity (Wildman–Crippen MR) is 122 cm³/mol. The molecule has 0 radical (unpaired) electrons. The standard InChI is InChI=1S/C22H18ClFN4O4S/c1-31-13-6-12(10-26-11-13)28-21(29)20-17(27(22(28)30)5-3-4-25)9-19(33-20)14-7-18(32-2)16(24)8-15(14)23/h6-11,17,20H,3,5H2,1-2H3. The van der Waals surface area contributed by atoms with E-state index in [1.165, 1.54) is 49.3 Å². The van der Waals surface area contributed by atoms with Gasteiger partial charge in [0.25, 0.3) is 5.91 Å². The van der Waals surface area contributed by atoms with Crippen LogP contribution in [0.3, 0.4) is 0 Å². The first-order valence-electron chi connectivity index (χ1n) is 9.82. The van der Waals surface area contributed by atoms with Crippen LogP contribution in [-0.2, 0) is 4.79 Å². The van der Waals surface area contributed by atoms with Gasteiger partial charge >= 0.3 is 6.03 Å². The van der Waals surface area contributed by atoms with Gasteiger partial charge in [-0.3, -0.25) is 9.78 Å². The first kappa shape index (κ1) is 22.9. The van der Waals surface area contributed by atoms with Gasteiger partial charge in [-0.05, 0) is 18.2 Å². The molecule has 1 aromatic carbocycles. The van der Waals surface area contributed by atoms with Crippen LogP contribution in [0.4, 0.5) is 14.9 Å². The number of hydrogen-bond acceptors (Lipinski definition) is 7. The monoisotopic (exact) mass is 488 g/mol. The molecule has 8 nitrogen and oxygen atoms in total. The molecule has 0 saturated carbocycles. The molecule has 1 fully saturated rings. The Hall–Kier alpha value is -3.29. The number of imide groups is 1. The number of amides is 3. The average molecular weight is 489 g/mol. The first-order chi connectivity index (χ1) is 15.9. The van der Waals surface area contributed by atoms with Crippen molar-refractivity contribution in [3.05, 3.63) is 53.1 Å². The third-order valence-corrected chi connectivity index (χ3v) is 6.97. The highest BCUT2D eigenvalue weighted by Gasteiger charge is 2.49. The molecular formula is C22H18ClFN4O4S. The van der Waals surface area contributed by atoms with Crippen molar-refractivity contribution >= 4 is 45.9 Å². The summed E-state index contributed by atoms with van der Waals surface area (Å²) in [5.41, 5.74) is 0.754. The van der Waals surface area contributed by atoms with E-state index in [1.54, 1.807) is 12.1 Å². The van der Waals surface area contributed by atoms with Crippen molar-refractivity contribution in [2.75, 3.05) is 25.7 Å². The van der Waals surface area contributed by atoms with E-state index in [-0.39, 0.29) is 29.4 Å². The first-order valence-corrected chi connectivity index (χ1v) is 11.1. The zero-order chi connectivity index (χ0) is 23.7. The lowest BCUT2D eigenvalue weighted by molar-refractivity contribution is -0.119. The molecule has 1 aromatic heterocycles. The minimum Gasteiger partial charge on any atom is -0.495 e. The van der Waals surface area contributed by atoms with Crippen molar-refractivity contribution in [1.29, 1.82) is 5.26 Å². The number of carbonyl (C=O) groups excluding carboxylic acids is 2. The van der Waals surface area contributed by atoms with E-state index in [9.17, 15) is 14.0 Å². The van der Waals surface area contributed by atoms with Gasteiger partial charge in [0.05, 0.1) is 55.9 Å². The Morgan fingerprint density at radius 2 is 2.03 bits per heavy atom. The number of fused-ring (bicyclic) bond motifs is 1. The fraction of sp³-hybridized carbons (Fsp3) is 0.273. The average Bonchev–Trinajstić information content (AvgIpc) is 3.24. The van der Waals surface area contributed by atoms with Gasteiger partial charge in [-0.25, -0.2) is 14.1 Å². The fourth-order valence-electron chi connectivity index (χ4n) is 3.74. The molecule has 11 heteroatoms. The second-order valence-corrected chi connectivity index (χ2v) is 8.76. The Kier molecular flexibility index (Phi) is 6.44. The summed E-state index contributed by atoms with van der Waals surface area (Å²) in [6, 6.07) is 5.03. The molecule has 0 aliphatic carbocycles. The molecule has 2 unspecified atom stereocenters. The van der Waals surface area contributed by atoms with Gasteiger partial charge in [0.2, 0.25) is 0 Å². The summed E-state index contributed by atoms with van der Waals surface area (Å²) in [6.45, 7) is 0.127. The number of nitriles is 1. The molecule has 0 spiro atoms. The summed E-state index contributed by atoms with van der Waals surface area (Å²) in [7, 11) is 2.80. The van der Waals surface area contributed by atoms with Crippen LogP contribution in [0.2, 0.25) is 5.02 Å². The molecule has 0 N–H and O–H groups in total. The Labute approximate surface area is 198 Å². The smallest absolute Gasteiger partial charge is 0.332 e. The summed E-state index contributed by atoms with van der Waals surface area (Å²) < 4.78 is 24.3. The van der Waals surface area contributed by atoms with E-state index in [1.807, 2.05) is 6.07 Å². The summed E-state index contributed by atoms with van der Waals surface area (Å²) in [4.78, 5) is 34.0. The molecular weight excluding hydrogens is 471 g/mol. The number of rotatable bonds is 6. The van der Waals surface area contributed by atoms with Crippen molar-refractivity contribution in [3.8, 4) is 17.6 Å². The predicted octanol–water partition coefficient (Wildman–Crippen LogP) is 4.10. The van der Waals surface area contributed by atoms with Gasteiger partial charge < -0.3 is 14.4 Å². The van der Waals surface area contributed by atoms with Gasteiger partial charge in [-0.1, -0.05) is 11.6 Å². The zero-order valence-corrected chi connectivity index (χ0v) is 19.2. The van der Waals surface area contributed by atoms with Crippen LogP contribution in [0, 0.1) is 17.1 Å². The van der Waals surface area contributed by atoms with E-state index in [0.29, 0.717) is 16.2 Å². The summed E-state index contributed by atoms with van der Waals surface area (Å²) in [6.07, 6.45) is 4.71. The molecule has 3 amide bonds. The van der Waals surface area contributed by atoms with Crippen LogP contribution in [-0.4, -0.2) is 53.9 Å². The van der Waals surface area contributed by atoms with Crippen LogP contribution in [0.15, 0.2) is 36.7 Å². The van der Waals surface area contributed by atoms with Crippen molar-refractivity contribution in [1.82, 2.24) is 9.88 Å². The van der Waals surface area contributed by atoms with Crippen molar-refractivity contribution in [2.45, 2.75) is 17.7 Å². The molecule has 170 valence electrons. The van der Waals surface area contributed by atoms with Crippen LogP contribution in [0.25, 0.3) is 4.91 Å². The number of urea groups is 1. The van der Waals surface area contributed by atoms with Crippen molar-refractivity contribution in [3.63, 3.8) is 0 Å². The molecule has 2 atom stereocenters. The molecule has 2 aromatic rings. The van der Waals surface area contributed by atoms with Gasteiger partial charge in [0.1, 0.15) is 11.0 Å². The van der Waals surface area contributed by atoms with E-state index < -0.39 is 29.0 Å². The number of ether oxygens (including phenoxy) is 2. The minimum atomic E-state index is -0.685. The number of carbonyl (C=O) groups is 2. The highest BCUT2D eigenvalue weighted by Crippen LogP contribution is 2.47. The Morgan fingerprint density at radius 1 is 1.24 bits per heavy atom. The van der Waals surface area contributed by atoms with Crippen LogP contribution in [0.5, 0.6) is 11.5 Å². The lowest BCUT2D eigenvalue weighted by Crippen LogP contribution is -2.62. The fourth-order valence-corrected chi connectivity index (χ4v) is 5.40. The maximum Gasteiger partial charge on any atom is 0.332 e. The van der Waals surface area contributed by atoms with Crippen molar-refractivity contribution < 1.29 is 23.5 Å². The zero-order valence-electron chi connectivity index (χ0n) is 17.6. The SMILES string of the molecule is COc1cncc(N2C(=O)C3SC(c4cc(OC)c(F)cc4Cl)=CC3N(CCC#N)C2=O)c1. The third-order valence-electron chi connectivity index (χ3n) is 5.31.